The third-order valence-corrected chi connectivity index (χ3v) is 7.08. The summed E-state index contributed by atoms with van der Waals surface area (Å²) in [6.45, 7) is 12.2. The molecular weight excluding hydrogens is 505 g/mol. The molecule has 5 heteroatoms. The summed E-state index contributed by atoms with van der Waals surface area (Å²) in [6, 6.07) is 21.5. The topological polar surface area (TPSA) is 39.9 Å². The molecule has 206 valence electrons. The zero-order valence-electron chi connectivity index (χ0n) is 23.2. The Kier molecular flexibility index (Phi) is 12.2. The number of benzene rings is 3. The molecule has 0 bridgehead atoms. The molecule has 1 unspecified atom stereocenters. The number of aromatic nitrogens is 1. The molecule has 0 saturated heterocycles. The Hall–Kier alpha value is -3.50. The highest BCUT2D eigenvalue weighted by atomic mass is 35.5. The summed E-state index contributed by atoms with van der Waals surface area (Å²) in [5, 5.41) is 8.69. The van der Waals surface area contributed by atoms with Crippen LogP contribution >= 0.6 is 11.6 Å². The van der Waals surface area contributed by atoms with Crippen LogP contribution in [0.5, 0.6) is 0 Å². The second kappa shape index (κ2) is 15.8. The first kappa shape index (κ1) is 30.0. The maximum atomic E-state index is 13.3. The van der Waals surface area contributed by atoms with E-state index in [9.17, 15) is 4.39 Å². The highest BCUT2D eigenvalue weighted by Crippen LogP contribution is 2.34. The first-order valence-electron chi connectivity index (χ1n) is 13.8. The van der Waals surface area contributed by atoms with Gasteiger partial charge in [-0.15, -0.1) is 13.2 Å². The Morgan fingerprint density at radius 2 is 1.77 bits per heavy atom. The lowest BCUT2D eigenvalue weighted by Gasteiger charge is -2.16. The van der Waals surface area contributed by atoms with Gasteiger partial charge in [-0.25, -0.2) is 4.39 Å². The molecule has 4 rings (SSSR count). The number of rotatable bonds is 13. The maximum absolute atomic E-state index is 13.3. The molecule has 3 N–H and O–H groups in total. The lowest BCUT2D eigenvalue weighted by molar-refractivity contribution is 0.628. The van der Waals surface area contributed by atoms with Gasteiger partial charge in [0.1, 0.15) is 5.82 Å². The molecule has 39 heavy (non-hydrogen) atoms. The van der Waals surface area contributed by atoms with Gasteiger partial charge >= 0.3 is 0 Å². The van der Waals surface area contributed by atoms with E-state index in [1.807, 2.05) is 6.07 Å². The SMILES string of the molecule is C=C.CC/C=C\NCCCCc1cccc(C(C)c2[nH]c3ccc(Cl)cc3c2CCNc2ccc(F)cc2)c1. The molecule has 0 radical (unpaired) electrons. The van der Waals surface area contributed by atoms with Gasteiger partial charge in [-0.1, -0.05) is 55.8 Å². The van der Waals surface area contributed by atoms with Crippen molar-refractivity contribution in [3.05, 3.63) is 125 Å². The van der Waals surface area contributed by atoms with Crippen LogP contribution in [0.4, 0.5) is 10.1 Å². The number of hydrogen-bond donors (Lipinski definition) is 3. The minimum absolute atomic E-state index is 0.216. The molecule has 1 heterocycles. The van der Waals surface area contributed by atoms with Crippen molar-refractivity contribution in [2.75, 3.05) is 18.4 Å². The number of unbranched alkanes of at least 4 members (excludes halogenated alkanes) is 1. The van der Waals surface area contributed by atoms with E-state index in [-0.39, 0.29) is 11.7 Å². The van der Waals surface area contributed by atoms with Crippen LogP contribution in [0, 0.1) is 5.82 Å². The van der Waals surface area contributed by atoms with E-state index >= 15 is 0 Å². The number of fused-ring (bicyclic) bond motifs is 1. The molecule has 3 aromatic carbocycles. The van der Waals surface area contributed by atoms with Crippen LogP contribution in [-0.4, -0.2) is 18.1 Å². The molecule has 0 saturated carbocycles. The maximum Gasteiger partial charge on any atom is 0.123 e. The number of nitrogens with one attached hydrogen (secondary N) is 3. The molecule has 0 aliphatic carbocycles. The van der Waals surface area contributed by atoms with Crippen LogP contribution in [0.2, 0.25) is 5.02 Å². The highest BCUT2D eigenvalue weighted by molar-refractivity contribution is 6.31. The van der Waals surface area contributed by atoms with Crippen LogP contribution in [0.15, 0.2) is 92.2 Å². The predicted molar refractivity (Wildman–Crippen MR) is 167 cm³/mol. The van der Waals surface area contributed by atoms with Crippen molar-refractivity contribution >= 4 is 28.2 Å². The smallest absolute Gasteiger partial charge is 0.123 e. The number of aromatic amines is 1. The van der Waals surface area contributed by atoms with E-state index in [1.54, 1.807) is 12.1 Å². The van der Waals surface area contributed by atoms with Gasteiger partial charge in [-0.3, -0.25) is 0 Å². The predicted octanol–water partition coefficient (Wildman–Crippen LogP) is 9.41. The van der Waals surface area contributed by atoms with Crippen molar-refractivity contribution in [3.63, 3.8) is 0 Å². The molecule has 0 amide bonds. The summed E-state index contributed by atoms with van der Waals surface area (Å²) in [6.07, 6.45) is 9.50. The molecule has 0 spiro atoms. The van der Waals surface area contributed by atoms with E-state index in [0.717, 1.165) is 66.8 Å². The Morgan fingerprint density at radius 3 is 2.54 bits per heavy atom. The second-order valence-corrected chi connectivity index (χ2v) is 10.0. The molecule has 1 aromatic heterocycles. The van der Waals surface area contributed by atoms with E-state index < -0.39 is 0 Å². The average molecular weight is 546 g/mol. The monoisotopic (exact) mass is 545 g/mol. The van der Waals surface area contributed by atoms with Gasteiger partial charge in [0.25, 0.3) is 0 Å². The van der Waals surface area contributed by atoms with Gasteiger partial charge < -0.3 is 15.6 Å². The third kappa shape index (κ3) is 8.76. The minimum atomic E-state index is -0.226. The molecule has 1 atom stereocenters. The fourth-order valence-corrected chi connectivity index (χ4v) is 4.98. The number of anilines is 1. The summed E-state index contributed by atoms with van der Waals surface area (Å²) in [7, 11) is 0. The van der Waals surface area contributed by atoms with Crippen molar-refractivity contribution in [1.29, 1.82) is 0 Å². The summed E-state index contributed by atoms with van der Waals surface area (Å²) in [5.74, 6) is -0.0104. The first-order valence-corrected chi connectivity index (χ1v) is 14.2. The number of aryl methyl sites for hydroxylation is 1. The standard InChI is InChI=1S/C32H37ClFN3.C2H4/c1-3-4-18-35-19-6-5-8-24-9-7-10-25(21-24)23(2)32-29(30-22-26(33)11-16-31(30)37-32)17-20-36-28-14-12-27(34)13-15-28;1-2/h4,7,9-16,18,21-23,35-37H,3,5-6,8,17,19-20H2,1-2H3;1-2H2/b18-4-;. The number of H-pyrrole nitrogens is 1. The van der Waals surface area contributed by atoms with E-state index in [2.05, 4.69) is 91.3 Å². The van der Waals surface area contributed by atoms with E-state index in [1.165, 1.54) is 34.5 Å². The van der Waals surface area contributed by atoms with Gasteiger partial charge in [-0.05, 0) is 97.5 Å². The largest absolute Gasteiger partial charge is 0.391 e. The minimum Gasteiger partial charge on any atom is -0.391 e. The lowest BCUT2D eigenvalue weighted by Crippen LogP contribution is -2.08. The van der Waals surface area contributed by atoms with Crippen LogP contribution in [-0.2, 0) is 12.8 Å². The Bertz CT molecular complexity index is 1330. The van der Waals surface area contributed by atoms with Crippen LogP contribution in [0.1, 0.15) is 61.4 Å². The van der Waals surface area contributed by atoms with Crippen molar-refractivity contribution in [1.82, 2.24) is 10.3 Å². The number of halogens is 2. The average Bonchev–Trinajstić information content (AvgIpc) is 3.32. The summed E-state index contributed by atoms with van der Waals surface area (Å²) >= 11 is 6.38. The van der Waals surface area contributed by atoms with Crippen molar-refractivity contribution in [3.8, 4) is 0 Å². The summed E-state index contributed by atoms with van der Waals surface area (Å²) in [5.41, 5.74) is 7.21. The number of hydrogen-bond acceptors (Lipinski definition) is 2. The molecule has 0 fully saturated rings. The lowest BCUT2D eigenvalue weighted by atomic mass is 9.91. The van der Waals surface area contributed by atoms with Crippen LogP contribution in [0.3, 0.4) is 0 Å². The highest BCUT2D eigenvalue weighted by Gasteiger charge is 2.19. The Morgan fingerprint density at radius 1 is 0.974 bits per heavy atom. The van der Waals surface area contributed by atoms with Crippen molar-refractivity contribution in [2.24, 2.45) is 0 Å². The quantitative estimate of drug-likeness (QED) is 0.116. The van der Waals surface area contributed by atoms with E-state index in [4.69, 9.17) is 11.6 Å². The van der Waals surface area contributed by atoms with Gasteiger partial charge in [0.15, 0.2) is 0 Å². The van der Waals surface area contributed by atoms with Gasteiger partial charge in [-0.2, -0.15) is 0 Å². The van der Waals surface area contributed by atoms with Crippen molar-refractivity contribution in [2.45, 2.75) is 51.9 Å². The molecular formula is C34H41ClFN3. The van der Waals surface area contributed by atoms with E-state index in [0.29, 0.717) is 0 Å². The number of allylic oxidation sites excluding steroid dienone is 1. The van der Waals surface area contributed by atoms with Gasteiger partial charge in [0, 0.05) is 46.3 Å². The third-order valence-electron chi connectivity index (χ3n) is 6.84. The molecule has 0 aliphatic rings. The summed E-state index contributed by atoms with van der Waals surface area (Å²) < 4.78 is 13.3. The fourth-order valence-electron chi connectivity index (χ4n) is 4.80. The summed E-state index contributed by atoms with van der Waals surface area (Å²) in [4.78, 5) is 3.69. The Balaban J connectivity index is 0.00000205. The molecule has 3 nitrogen and oxygen atoms in total. The van der Waals surface area contributed by atoms with Crippen LogP contribution < -0.4 is 10.6 Å². The zero-order valence-corrected chi connectivity index (χ0v) is 24.0. The van der Waals surface area contributed by atoms with Crippen molar-refractivity contribution < 1.29 is 4.39 Å². The Labute approximate surface area is 238 Å². The van der Waals surface area contributed by atoms with Gasteiger partial charge in [0.2, 0.25) is 0 Å². The normalized spacial score (nSPS) is 11.8. The second-order valence-electron chi connectivity index (χ2n) is 9.58. The first-order chi connectivity index (χ1) is 19.0. The molecule has 4 aromatic rings. The zero-order chi connectivity index (χ0) is 28.0. The van der Waals surface area contributed by atoms with Crippen LogP contribution in [0.25, 0.3) is 10.9 Å². The fraction of sp³-hybridized carbons (Fsp3) is 0.294. The van der Waals surface area contributed by atoms with Gasteiger partial charge in [0.05, 0.1) is 0 Å². The molecule has 0 aliphatic heterocycles.